The summed E-state index contributed by atoms with van der Waals surface area (Å²) in [5.41, 5.74) is 4.50. The van der Waals surface area contributed by atoms with Gasteiger partial charge in [0.05, 0.1) is 24.1 Å². The number of ether oxygens (including phenoxy) is 1. The van der Waals surface area contributed by atoms with Crippen LogP contribution in [-0.4, -0.2) is 27.7 Å². The summed E-state index contributed by atoms with van der Waals surface area (Å²) in [7, 11) is 1.63. The van der Waals surface area contributed by atoms with E-state index in [2.05, 4.69) is 0 Å². The molecule has 30 heavy (non-hydrogen) atoms. The minimum atomic E-state index is -0.950. The maximum atomic E-state index is 11.7. The minimum Gasteiger partial charge on any atom is -0.497 e. The molecule has 0 bridgehead atoms. The SMILES string of the molecule is COc1ccc(-c2nc(-c3cc(C(=O)O)c(C)n3Cc3ccc(Cl)cc3)cs2)cc1. The molecule has 0 aliphatic heterocycles. The van der Waals surface area contributed by atoms with Crippen LogP contribution in [-0.2, 0) is 6.54 Å². The molecule has 0 aliphatic rings. The molecule has 5 nitrogen and oxygen atoms in total. The summed E-state index contributed by atoms with van der Waals surface area (Å²) in [4.78, 5) is 16.5. The Labute approximate surface area is 183 Å². The van der Waals surface area contributed by atoms with Gasteiger partial charge in [-0.3, -0.25) is 0 Å². The van der Waals surface area contributed by atoms with Crippen molar-refractivity contribution in [3.63, 3.8) is 0 Å². The molecular weight excluding hydrogens is 420 g/mol. The summed E-state index contributed by atoms with van der Waals surface area (Å²) < 4.78 is 7.20. The molecule has 0 aliphatic carbocycles. The molecule has 4 rings (SSSR count). The summed E-state index contributed by atoms with van der Waals surface area (Å²) in [6.45, 7) is 2.35. The molecular formula is C23H19ClN2O3S. The van der Waals surface area contributed by atoms with Gasteiger partial charge in [-0.05, 0) is 55.0 Å². The van der Waals surface area contributed by atoms with E-state index in [4.69, 9.17) is 21.3 Å². The van der Waals surface area contributed by atoms with Crippen molar-refractivity contribution in [2.45, 2.75) is 13.5 Å². The largest absolute Gasteiger partial charge is 0.497 e. The van der Waals surface area contributed by atoms with Gasteiger partial charge in [0.1, 0.15) is 10.8 Å². The van der Waals surface area contributed by atoms with E-state index in [1.807, 2.05) is 65.4 Å². The molecule has 4 aromatic rings. The first kappa shape index (κ1) is 20.2. The van der Waals surface area contributed by atoms with Crippen LogP contribution in [0.4, 0.5) is 0 Å². The molecule has 0 saturated carbocycles. The third kappa shape index (κ3) is 3.97. The van der Waals surface area contributed by atoms with Crippen LogP contribution < -0.4 is 4.74 Å². The summed E-state index contributed by atoms with van der Waals surface area (Å²) in [6, 6.07) is 16.9. The quantitative estimate of drug-likeness (QED) is 0.401. The summed E-state index contributed by atoms with van der Waals surface area (Å²) in [5.74, 6) is -0.164. The van der Waals surface area contributed by atoms with Gasteiger partial charge in [0.25, 0.3) is 0 Å². The Hall–Kier alpha value is -3.09. The zero-order valence-corrected chi connectivity index (χ0v) is 18.0. The Morgan fingerprint density at radius 3 is 2.50 bits per heavy atom. The first-order valence-corrected chi connectivity index (χ1v) is 10.5. The Bertz CT molecular complexity index is 1190. The first-order chi connectivity index (χ1) is 14.5. The van der Waals surface area contributed by atoms with Crippen LogP contribution in [0.2, 0.25) is 5.02 Å². The molecule has 0 spiro atoms. The fourth-order valence-electron chi connectivity index (χ4n) is 3.31. The van der Waals surface area contributed by atoms with E-state index in [-0.39, 0.29) is 5.56 Å². The second kappa shape index (κ2) is 8.34. The number of aromatic nitrogens is 2. The lowest BCUT2D eigenvalue weighted by molar-refractivity contribution is 0.0696. The molecule has 0 radical (unpaired) electrons. The summed E-state index contributed by atoms with van der Waals surface area (Å²) >= 11 is 7.52. The van der Waals surface area contributed by atoms with Crippen LogP contribution in [0.5, 0.6) is 5.75 Å². The van der Waals surface area contributed by atoms with Gasteiger partial charge >= 0.3 is 5.97 Å². The molecule has 0 amide bonds. The van der Waals surface area contributed by atoms with Crippen molar-refractivity contribution in [1.82, 2.24) is 9.55 Å². The van der Waals surface area contributed by atoms with Gasteiger partial charge < -0.3 is 14.4 Å². The highest BCUT2D eigenvalue weighted by Crippen LogP contribution is 2.32. The molecule has 0 fully saturated rings. The van der Waals surface area contributed by atoms with E-state index in [1.54, 1.807) is 13.2 Å². The van der Waals surface area contributed by atoms with E-state index < -0.39 is 5.97 Å². The first-order valence-electron chi connectivity index (χ1n) is 9.24. The van der Waals surface area contributed by atoms with Crippen LogP contribution in [0.1, 0.15) is 21.6 Å². The average molecular weight is 439 g/mol. The van der Waals surface area contributed by atoms with Crippen LogP contribution in [0.3, 0.4) is 0 Å². The van der Waals surface area contributed by atoms with E-state index in [0.717, 1.165) is 33.3 Å². The summed E-state index contributed by atoms with van der Waals surface area (Å²) in [5, 5.41) is 13.1. The number of benzene rings is 2. The Balaban J connectivity index is 1.74. The fraction of sp³-hybridized carbons (Fsp3) is 0.130. The van der Waals surface area contributed by atoms with Crippen LogP contribution in [0.25, 0.3) is 22.0 Å². The minimum absolute atomic E-state index is 0.276. The van der Waals surface area contributed by atoms with Gasteiger partial charge in [0, 0.05) is 28.2 Å². The second-order valence-corrected chi connectivity index (χ2v) is 8.11. The Morgan fingerprint density at radius 1 is 1.17 bits per heavy atom. The average Bonchev–Trinajstić information content (AvgIpc) is 3.35. The van der Waals surface area contributed by atoms with E-state index in [0.29, 0.717) is 17.3 Å². The number of hydrogen-bond donors (Lipinski definition) is 1. The lowest BCUT2D eigenvalue weighted by Gasteiger charge is -2.11. The van der Waals surface area contributed by atoms with Crippen molar-refractivity contribution < 1.29 is 14.6 Å². The summed E-state index contributed by atoms with van der Waals surface area (Å²) in [6.07, 6.45) is 0. The normalized spacial score (nSPS) is 10.9. The molecule has 1 N–H and O–H groups in total. The van der Waals surface area contributed by atoms with Crippen LogP contribution >= 0.6 is 22.9 Å². The highest BCUT2D eigenvalue weighted by Gasteiger charge is 2.20. The second-order valence-electron chi connectivity index (χ2n) is 6.81. The van der Waals surface area contributed by atoms with Gasteiger partial charge in [-0.25, -0.2) is 9.78 Å². The number of carbonyl (C=O) groups is 1. The molecule has 2 aromatic carbocycles. The third-order valence-electron chi connectivity index (χ3n) is 4.95. The number of hydrogen-bond acceptors (Lipinski definition) is 4. The van der Waals surface area contributed by atoms with Gasteiger partial charge in [-0.1, -0.05) is 23.7 Å². The lowest BCUT2D eigenvalue weighted by Crippen LogP contribution is -2.06. The van der Waals surface area contributed by atoms with Gasteiger partial charge in [-0.2, -0.15) is 0 Å². The number of rotatable bonds is 6. The molecule has 152 valence electrons. The van der Waals surface area contributed by atoms with Crippen molar-refractivity contribution in [2.75, 3.05) is 7.11 Å². The van der Waals surface area contributed by atoms with Crippen molar-refractivity contribution in [3.05, 3.63) is 81.8 Å². The van der Waals surface area contributed by atoms with Gasteiger partial charge in [0.15, 0.2) is 0 Å². The molecule has 0 atom stereocenters. The topological polar surface area (TPSA) is 64.3 Å². The van der Waals surface area contributed by atoms with Crippen molar-refractivity contribution in [2.24, 2.45) is 0 Å². The van der Waals surface area contributed by atoms with E-state index in [1.165, 1.54) is 11.3 Å². The number of nitrogens with zero attached hydrogens (tertiary/aromatic N) is 2. The fourth-order valence-corrected chi connectivity index (χ4v) is 4.25. The predicted octanol–water partition coefficient (Wildman–Crippen LogP) is 6.00. The number of methoxy groups -OCH3 is 1. The number of halogens is 1. The Morgan fingerprint density at radius 2 is 1.87 bits per heavy atom. The zero-order chi connectivity index (χ0) is 21.3. The molecule has 2 aromatic heterocycles. The van der Waals surface area contributed by atoms with Gasteiger partial charge in [0.2, 0.25) is 0 Å². The lowest BCUT2D eigenvalue weighted by atomic mass is 10.2. The zero-order valence-electron chi connectivity index (χ0n) is 16.4. The van der Waals surface area contributed by atoms with E-state index >= 15 is 0 Å². The molecule has 7 heteroatoms. The number of thiazole rings is 1. The highest BCUT2D eigenvalue weighted by atomic mass is 35.5. The third-order valence-corrected chi connectivity index (χ3v) is 6.10. The van der Waals surface area contributed by atoms with Crippen molar-refractivity contribution >= 4 is 28.9 Å². The molecule has 0 unspecified atom stereocenters. The van der Waals surface area contributed by atoms with Gasteiger partial charge in [-0.15, -0.1) is 11.3 Å². The number of aromatic carboxylic acids is 1. The smallest absolute Gasteiger partial charge is 0.337 e. The standard InChI is InChI=1S/C23H19ClN2O3S/c1-14-19(23(27)28)11-21(26(14)12-15-3-7-17(24)8-4-15)20-13-30-22(25-20)16-5-9-18(29-2)10-6-16/h3-11,13H,12H2,1-2H3,(H,27,28). The molecule has 0 saturated heterocycles. The maximum Gasteiger partial charge on any atom is 0.337 e. The van der Waals surface area contributed by atoms with Crippen molar-refractivity contribution in [3.8, 4) is 27.7 Å². The monoisotopic (exact) mass is 438 g/mol. The maximum absolute atomic E-state index is 11.7. The van der Waals surface area contributed by atoms with Crippen molar-refractivity contribution in [1.29, 1.82) is 0 Å². The number of carboxylic acid groups (broad SMARTS) is 1. The van der Waals surface area contributed by atoms with E-state index in [9.17, 15) is 9.90 Å². The Kier molecular flexibility index (Phi) is 5.61. The highest BCUT2D eigenvalue weighted by molar-refractivity contribution is 7.13. The molecule has 2 heterocycles. The number of carboxylic acids is 1. The van der Waals surface area contributed by atoms with Crippen LogP contribution in [0.15, 0.2) is 60.0 Å². The van der Waals surface area contributed by atoms with Crippen LogP contribution in [0, 0.1) is 6.92 Å². The predicted molar refractivity (Wildman–Crippen MR) is 120 cm³/mol.